The Labute approximate surface area is 69.2 Å². The third-order valence-corrected chi connectivity index (χ3v) is 2.67. The van der Waals surface area contributed by atoms with Gasteiger partial charge in [0, 0.05) is 0 Å². The van der Waals surface area contributed by atoms with Crippen LogP contribution in [-0.2, 0) is 0 Å². The fraction of sp³-hybridized carbons (Fsp3) is 1.00. The van der Waals surface area contributed by atoms with Crippen LogP contribution in [0.25, 0.3) is 0 Å². The first-order valence-electron chi connectivity index (χ1n) is 4.29. The Bertz CT molecular complexity index is 102. The molecular weight excluding hydrogens is 140 g/mol. The average Bonchev–Trinajstić information content (AvgIpc) is 2.00. The van der Waals surface area contributed by atoms with Crippen molar-refractivity contribution < 1.29 is 10.2 Å². The van der Waals surface area contributed by atoms with E-state index in [9.17, 15) is 5.11 Å². The first-order valence-corrected chi connectivity index (χ1v) is 4.29. The van der Waals surface area contributed by atoms with E-state index in [0.29, 0.717) is 11.8 Å². The van der Waals surface area contributed by atoms with Crippen molar-refractivity contribution in [2.75, 3.05) is 6.61 Å². The molecule has 0 aliphatic heterocycles. The predicted octanol–water partition coefficient (Wildman–Crippen LogP) is 1.27. The minimum Gasteiger partial charge on any atom is -0.394 e. The second-order valence-electron chi connectivity index (χ2n) is 3.71. The van der Waals surface area contributed by atoms with Crippen molar-refractivity contribution in [2.24, 2.45) is 17.8 Å². The van der Waals surface area contributed by atoms with Crippen LogP contribution in [0.5, 0.6) is 0 Å². The summed E-state index contributed by atoms with van der Waals surface area (Å²) in [5.74, 6) is 1.20. The molecule has 0 radical (unpaired) electrons. The number of hydrogen-bond acceptors (Lipinski definition) is 2. The van der Waals surface area contributed by atoms with E-state index in [1.165, 1.54) is 0 Å². The van der Waals surface area contributed by atoms with Crippen LogP contribution in [0.1, 0.15) is 27.7 Å². The van der Waals surface area contributed by atoms with Crippen molar-refractivity contribution in [2.45, 2.75) is 33.8 Å². The third kappa shape index (κ3) is 3.21. The summed E-state index contributed by atoms with van der Waals surface area (Å²) in [6.45, 7) is 8.22. The Hall–Kier alpha value is -0.0800. The van der Waals surface area contributed by atoms with Gasteiger partial charge in [-0.3, -0.25) is 0 Å². The van der Waals surface area contributed by atoms with Gasteiger partial charge in [0.25, 0.3) is 0 Å². The second-order valence-corrected chi connectivity index (χ2v) is 3.71. The second kappa shape index (κ2) is 4.73. The Morgan fingerprint density at radius 2 is 1.45 bits per heavy atom. The van der Waals surface area contributed by atoms with Gasteiger partial charge >= 0.3 is 0 Å². The summed E-state index contributed by atoms with van der Waals surface area (Å²) in [6, 6.07) is 0. The summed E-state index contributed by atoms with van der Waals surface area (Å²) in [7, 11) is 0. The van der Waals surface area contributed by atoms with E-state index < -0.39 is 6.10 Å². The zero-order chi connectivity index (χ0) is 9.02. The van der Waals surface area contributed by atoms with E-state index >= 15 is 0 Å². The number of hydrogen-bond donors (Lipinski definition) is 2. The Kier molecular flexibility index (Phi) is 4.69. The van der Waals surface area contributed by atoms with Crippen molar-refractivity contribution in [3.05, 3.63) is 0 Å². The Morgan fingerprint density at radius 1 is 1.00 bits per heavy atom. The van der Waals surface area contributed by atoms with Gasteiger partial charge < -0.3 is 10.2 Å². The summed E-state index contributed by atoms with van der Waals surface area (Å²) < 4.78 is 0. The van der Waals surface area contributed by atoms with Gasteiger partial charge in [0.15, 0.2) is 0 Å². The van der Waals surface area contributed by atoms with Crippen LogP contribution >= 0.6 is 0 Å². The number of aliphatic hydroxyl groups is 2. The SMILES string of the molecule is CC(C)C(C)C(C)C(O)CO. The molecule has 0 aromatic carbocycles. The molecule has 0 aliphatic carbocycles. The smallest absolute Gasteiger partial charge is 0.0799 e. The van der Waals surface area contributed by atoms with Crippen molar-refractivity contribution in [1.82, 2.24) is 0 Å². The zero-order valence-electron chi connectivity index (χ0n) is 7.91. The summed E-state index contributed by atoms with van der Waals surface area (Å²) in [5.41, 5.74) is 0. The molecule has 3 unspecified atom stereocenters. The maximum absolute atomic E-state index is 9.30. The molecule has 0 spiro atoms. The van der Waals surface area contributed by atoms with Crippen LogP contribution < -0.4 is 0 Å². The lowest BCUT2D eigenvalue weighted by atomic mass is 9.83. The molecule has 0 aliphatic rings. The standard InChI is InChI=1S/C9H20O2/c1-6(2)7(3)8(4)9(11)5-10/h6-11H,5H2,1-4H3. The Balaban J connectivity index is 3.90. The van der Waals surface area contributed by atoms with Crippen LogP contribution in [0.3, 0.4) is 0 Å². The van der Waals surface area contributed by atoms with Gasteiger partial charge in [-0.1, -0.05) is 27.7 Å². The largest absolute Gasteiger partial charge is 0.394 e. The molecule has 2 heteroatoms. The molecule has 0 aromatic rings. The van der Waals surface area contributed by atoms with Crippen molar-refractivity contribution in [3.8, 4) is 0 Å². The summed E-state index contributed by atoms with van der Waals surface area (Å²) >= 11 is 0. The highest BCUT2D eigenvalue weighted by Crippen LogP contribution is 2.22. The van der Waals surface area contributed by atoms with Crippen molar-refractivity contribution >= 4 is 0 Å². The van der Waals surface area contributed by atoms with Crippen molar-refractivity contribution in [1.29, 1.82) is 0 Å². The van der Waals surface area contributed by atoms with E-state index in [1.807, 2.05) is 6.92 Å². The van der Waals surface area contributed by atoms with Crippen LogP contribution in [0.15, 0.2) is 0 Å². The fourth-order valence-electron chi connectivity index (χ4n) is 1.12. The quantitative estimate of drug-likeness (QED) is 0.650. The van der Waals surface area contributed by atoms with E-state index in [2.05, 4.69) is 20.8 Å². The van der Waals surface area contributed by atoms with Crippen LogP contribution in [-0.4, -0.2) is 22.9 Å². The topological polar surface area (TPSA) is 40.5 Å². The first kappa shape index (κ1) is 10.9. The lowest BCUT2D eigenvalue weighted by Gasteiger charge is -2.26. The molecule has 11 heavy (non-hydrogen) atoms. The number of rotatable bonds is 4. The highest BCUT2D eigenvalue weighted by atomic mass is 16.3. The van der Waals surface area contributed by atoms with Crippen LogP contribution in [0.4, 0.5) is 0 Å². The highest BCUT2D eigenvalue weighted by molar-refractivity contribution is 4.71. The van der Waals surface area contributed by atoms with Gasteiger partial charge in [-0.25, -0.2) is 0 Å². The molecule has 68 valence electrons. The first-order chi connectivity index (χ1) is 5.00. The van der Waals surface area contributed by atoms with Crippen molar-refractivity contribution in [3.63, 3.8) is 0 Å². The van der Waals surface area contributed by atoms with Crippen LogP contribution in [0, 0.1) is 17.8 Å². The highest BCUT2D eigenvalue weighted by Gasteiger charge is 2.21. The summed E-state index contributed by atoms with van der Waals surface area (Å²) in [4.78, 5) is 0. The van der Waals surface area contributed by atoms with Gasteiger partial charge in [-0.15, -0.1) is 0 Å². The number of aliphatic hydroxyl groups excluding tert-OH is 2. The van der Waals surface area contributed by atoms with E-state index in [0.717, 1.165) is 0 Å². The minimum absolute atomic E-state index is 0.127. The molecular formula is C9H20O2. The zero-order valence-corrected chi connectivity index (χ0v) is 7.91. The minimum atomic E-state index is -0.563. The molecule has 2 N–H and O–H groups in total. The Morgan fingerprint density at radius 3 is 1.73 bits per heavy atom. The third-order valence-electron chi connectivity index (χ3n) is 2.67. The fourth-order valence-corrected chi connectivity index (χ4v) is 1.12. The molecule has 0 rings (SSSR count). The van der Waals surface area contributed by atoms with E-state index in [-0.39, 0.29) is 12.5 Å². The van der Waals surface area contributed by atoms with Gasteiger partial charge in [0.05, 0.1) is 12.7 Å². The van der Waals surface area contributed by atoms with Gasteiger partial charge in [-0.2, -0.15) is 0 Å². The molecule has 0 fully saturated rings. The molecule has 0 saturated heterocycles. The summed E-state index contributed by atoms with van der Waals surface area (Å²) in [5, 5.41) is 18.0. The van der Waals surface area contributed by atoms with E-state index in [4.69, 9.17) is 5.11 Å². The average molecular weight is 160 g/mol. The normalized spacial score (nSPS) is 19.9. The van der Waals surface area contributed by atoms with Gasteiger partial charge in [0.1, 0.15) is 0 Å². The molecule has 0 saturated carbocycles. The lowest BCUT2D eigenvalue weighted by molar-refractivity contribution is 0.0248. The molecule has 0 amide bonds. The lowest BCUT2D eigenvalue weighted by Crippen LogP contribution is -2.29. The maximum atomic E-state index is 9.30. The molecule has 3 atom stereocenters. The predicted molar refractivity (Wildman–Crippen MR) is 46.3 cm³/mol. The van der Waals surface area contributed by atoms with Crippen LogP contribution in [0.2, 0.25) is 0 Å². The van der Waals surface area contributed by atoms with E-state index in [1.54, 1.807) is 0 Å². The molecule has 0 heterocycles. The van der Waals surface area contributed by atoms with Gasteiger partial charge in [-0.05, 0) is 17.8 Å². The summed E-state index contributed by atoms with van der Waals surface area (Å²) in [6.07, 6.45) is -0.563. The maximum Gasteiger partial charge on any atom is 0.0799 e. The monoisotopic (exact) mass is 160 g/mol. The molecule has 2 nitrogen and oxygen atoms in total. The molecule has 0 bridgehead atoms. The molecule has 0 aromatic heterocycles. The van der Waals surface area contributed by atoms with Gasteiger partial charge in [0.2, 0.25) is 0 Å².